The molecule has 162 valence electrons. The molecule has 0 aromatic heterocycles. The third kappa shape index (κ3) is 4.99. The maximum absolute atomic E-state index is 14.4. The van der Waals surface area contributed by atoms with Crippen LogP contribution in [-0.4, -0.2) is 23.8 Å². The van der Waals surface area contributed by atoms with Crippen molar-refractivity contribution < 1.29 is 13.6 Å². The van der Waals surface area contributed by atoms with E-state index in [0.29, 0.717) is 30.8 Å². The molecule has 1 fully saturated rings. The van der Waals surface area contributed by atoms with E-state index < -0.39 is 11.6 Å². The maximum Gasteiger partial charge on any atom is 0.187 e. The Morgan fingerprint density at radius 3 is 1.72 bits per heavy atom. The van der Waals surface area contributed by atoms with Crippen LogP contribution in [0.5, 0.6) is 0 Å². The number of hydrogen-bond acceptors (Lipinski definition) is 2. The molecule has 0 N–H and O–H groups in total. The molecule has 6 heteroatoms. The molecule has 4 rings (SSSR count). The second kappa shape index (κ2) is 9.78. The summed E-state index contributed by atoms with van der Waals surface area (Å²) in [5.74, 6) is -1.31. The minimum atomic E-state index is -0.513. The van der Waals surface area contributed by atoms with Crippen molar-refractivity contribution >= 4 is 41.1 Å². The number of ketones is 1. The molecule has 0 amide bonds. The van der Waals surface area contributed by atoms with Gasteiger partial charge in [-0.2, -0.15) is 0 Å². The normalized spacial score (nSPS) is 17.3. The van der Waals surface area contributed by atoms with Gasteiger partial charge >= 0.3 is 0 Å². The topological polar surface area (TPSA) is 20.3 Å². The predicted octanol–water partition coefficient (Wildman–Crippen LogP) is 6.82. The van der Waals surface area contributed by atoms with Crippen molar-refractivity contribution in [1.29, 1.82) is 0 Å². The molecule has 0 bridgehead atoms. The molecule has 0 atom stereocenters. The zero-order valence-corrected chi connectivity index (χ0v) is 18.5. The molecule has 3 aromatic carbocycles. The highest BCUT2D eigenvalue weighted by Crippen LogP contribution is 2.29. The first kappa shape index (κ1) is 22.4. The van der Waals surface area contributed by atoms with Gasteiger partial charge in [0.2, 0.25) is 0 Å². The smallest absolute Gasteiger partial charge is 0.187 e. The summed E-state index contributed by atoms with van der Waals surface area (Å²) in [6.07, 6.45) is 2.96. The van der Waals surface area contributed by atoms with Crippen molar-refractivity contribution in [2.75, 3.05) is 13.1 Å². The number of piperidine rings is 1. The van der Waals surface area contributed by atoms with Crippen LogP contribution in [0.4, 0.5) is 8.78 Å². The van der Waals surface area contributed by atoms with Crippen LogP contribution in [-0.2, 0) is 11.3 Å². The van der Waals surface area contributed by atoms with Crippen LogP contribution in [0.3, 0.4) is 0 Å². The van der Waals surface area contributed by atoms with Gasteiger partial charge in [-0.3, -0.25) is 9.69 Å². The van der Waals surface area contributed by atoms with Crippen LogP contribution in [0.2, 0.25) is 10.0 Å². The molecule has 1 heterocycles. The standard InChI is InChI=1S/C26H19Cl2F2NO/c27-22-8-4-10-24(29)20(22)12-18-15-31(14-17-6-2-1-3-7-17)16-19(26(18)32)13-21-23(28)9-5-11-25(21)30/h1-13H,14-16H2. The molecule has 1 aliphatic heterocycles. The molecule has 0 unspecified atom stereocenters. The Morgan fingerprint density at radius 1 is 0.750 bits per heavy atom. The van der Waals surface area contributed by atoms with Crippen LogP contribution >= 0.6 is 23.2 Å². The van der Waals surface area contributed by atoms with E-state index in [-0.39, 0.29) is 27.0 Å². The Morgan fingerprint density at radius 2 is 1.25 bits per heavy atom. The average molecular weight is 470 g/mol. The lowest BCUT2D eigenvalue weighted by Gasteiger charge is -2.30. The highest BCUT2D eigenvalue weighted by atomic mass is 35.5. The summed E-state index contributed by atoms with van der Waals surface area (Å²) in [5.41, 5.74) is 2.12. The largest absolute Gasteiger partial charge is 0.290 e. The van der Waals surface area contributed by atoms with Crippen molar-refractivity contribution in [2.24, 2.45) is 0 Å². The summed E-state index contributed by atoms with van der Waals surface area (Å²) in [4.78, 5) is 15.3. The Balaban J connectivity index is 1.77. The zero-order chi connectivity index (χ0) is 22.7. The van der Waals surface area contributed by atoms with Gasteiger partial charge in [-0.1, -0.05) is 65.7 Å². The third-order valence-electron chi connectivity index (χ3n) is 5.26. The van der Waals surface area contributed by atoms with Crippen molar-refractivity contribution in [2.45, 2.75) is 6.54 Å². The van der Waals surface area contributed by atoms with E-state index in [1.165, 1.54) is 36.4 Å². The van der Waals surface area contributed by atoms with Gasteiger partial charge in [0, 0.05) is 41.9 Å². The van der Waals surface area contributed by atoms with E-state index in [1.54, 1.807) is 12.1 Å². The number of Topliss-reactive ketones (excluding diaryl/α,β-unsaturated/α-hetero) is 1. The van der Waals surface area contributed by atoms with Crippen LogP contribution in [0, 0.1) is 11.6 Å². The lowest BCUT2D eigenvalue weighted by atomic mass is 9.93. The molecule has 2 nitrogen and oxygen atoms in total. The van der Waals surface area contributed by atoms with E-state index in [9.17, 15) is 13.6 Å². The van der Waals surface area contributed by atoms with Gasteiger partial charge in [-0.15, -0.1) is 0 Å². The van der Waals surface area contributed by atoms with E-state index in [1.807, 2.05) is 35.2 Å². The van der Waals surface area contributed by atoms with Crippen LogP contribution in [0.15, 0.2) is 77.9 Å². The van der Waals surface area contributed by atoms with Crippen molar-refractivity contribution in [3.05, 3.63) is 116 Å². The quantitative estimate of drug-likeness (QED) is 0.390. The summed E-state index contributed by atoms with van der Waals surface area (Å²) >= 11 is 12.4. The lowest BCUT2D eigenvalue weighted by molar-refractivity contribution is -0.113. The van der Waals surface area contributed by atoms with E-state index in [4.69, 9.17) is 23.2 Å². The molecule has 0 aliphatic carbocycles. The second-order valence-corrected chi connectivity index (χ2v) is 8.38. The first-order chi connectivity index (χ1) is 15.4. The average Bonchev–Trinajstić information content (AvgIpc) is 2.77. The van der Waals surface area contributed by atoms with Gasteiger partial charge in [-0.25, -0.2) is 8.78 Å². The molecule has 1 aliphatic rings. The fourth-order valence-electron chi connectivity index (χ4n) is 3.71. The summed E-state index contributed by atoms with van der Waals surface area (Å²) in [5, 5.41) is 0.432. The van der Waals surface area contributed by atoms with Crippen LogP contribution in [0.1, 0.15) is 16.7 Å². The van der Waals surface area contributed by atoms with Gasteiger partial charge in [-0.05, 0) is 42.0 Å². The Hall–Kier alpha value is -2.79. The number of halogens is 4. The third-order valence-corrected chi connectivity index (χ3v) is 5.92. The number of likely N-dealkylation sites (tertiary alicyclic amines) is 1. The highest BCUT2D eigenvalue weighted by molar-refractivity contribution is 6.33. The molecule has 0 saturated carbocycles. The lowest BCUT2D eigenvalue weighted by Crippen LogP contribution is -2.37. The predicted molar refractivity (Wildman–Crippen MR) is 126 cm³/mol. The van der Waals surface area contributed by atoms with E-state index in [0.717, 1.165) is 5.56 Å². The first-order valence-corrected chi connectivity index (χ1v) is 10.8. The van der Waals surface area contributed by atoms with Crippen LogP contribution < -0.4 is 0 Å². The van der Waals surface area contributed by atoms with Gasteiger partial charge in [0.1, 0.15) is 11.6 Å². The number of benzene rings is 3. The number of carbonyl (C=O) groups is 1. The minimum absolute atomic E-state index is 0.155. The Labute approximate surface area is 195 Å². The summed E-state index contributed by atoms with van der Waals surface area (Å²) in [6.45, 7) is 1.18. The summed E-state index contributed by atoms with van der Waals surface area (Å²) in [6, 6.07) is 18.5. The van der Waals surface area contributed by atoms with Gasteiger partial charge in [0.25, 0.3) is 0 Å². The Bertz CT molecular complexity index is 1110. The molecule has 3 aromatic rings. The van der Waals surface area contributed by atoms with Crippen LogP contribution in [0.25, 0.3) is 12.2 Å². The zero-order valence-electron chi connectivity index (χ0n) is 17.0. The SMILES string of the molecule is O=C1C(=Cc2c(F)cccc2Cl)CN(Cc2ccccc2)CC1=Cc1c(F)cccc1Cl. The first-order valence-electron chi connectivity index (χ1n) is 10.0. The number of hydrogen-bond donors (Lipinski definition) is 0. The number of rotatable bonds is 4. The molecular formula is C26H19Cl2F2NO. The maximum atomic E-state index is 14.4. The Kier molecular flexibility index (Phi) is 6.85. The van der Waals surface area contributed by atoms with Crippen molar-refractivity contribution in [3.63, 3.8) is 0 Å². The van der Waals surface area contributed by atoms with E-state index >= 15 is 0 Å². The molecule has 32 heavy (non-hydrogen) atoms. The fourth-order valence-corrected chi connectivity index (χ4v) is 4.14. The molecule has 0 spiro atoms. The monoisotopic (exact) mass is 469 g/mol. The van der Waals surface area contributed by atoms with Gasteiger partial charge in [0.05, 0.1) is 10.0 Å². The summed E-state index contributed by atoms with van der Waals surface area (Å²) in [7, 11) is 0. The molecule has 1 saturated heterocycles. The highest BCUT2D eigenvalue weighted by Gasteiger charge is 2.27. The van der Waals surface area contributed by atoms with Gasteiger partial charge < -0.3 is 0 Å². The molecular weight excluding hydrogens is 451 g/mol. The minimum Gasteiger partial charge on any atom is -0.290 e. The van der Waals surface area contributed by atoms with Crippen molar-refractivity contribution in [3.8, 4) is 0 Å². The number of nitrogens with zero attached hydrogens (tertiary/aromatic N) is 1. The van der Waals surface area contributed by atoms with Gasteiger partial charge in [0.15, 0.2) is 5.78 Å². The summed E-state index contributed by atoms with van der Waals surface area (Å²) < 4.78 is 28.8. The molecule has 0 radical (unpaired) electrons. The fraction of sp³-hybridized carbons (Fsp3) is 0.115. The van der Waals surface area contributed by atoms with Crippen molar-refractivity contribution in [1.82, 2.24) is 4.90 Å². The second-order valence-electron chi connectivity index (χ2n) is 7.57. The van der Waals surface area contributed by atoms with E-state index in [2.05, 4.69) is 0 Å². The number of carbonyl (C=O) groups excluding carboxylic acids is 1.